The lowest BCUT2D eigenvalue weighted by molar-refractivity contribution is 0.0247. The highest BCUT2D eigenvalue weighted by atomic mass is 32.2. The molecule has 0 saturated heterocycles. The molecule has 0 fully saturated rings. The van der Waals surface area contributed by atoms with E-state index in [1.807, 2.05) is 13.8 Å². The summed E-state index contributed by atoms with van der Waals surface area (Å²) in [7, 11) is -3.72. The minimum atomic E-state index is -3.72. The first-order chi connectivity index (χ1) is 11.4. The maximum Gasteiger partial charge on any atom is 0.263 e. The van der Waals surface area contributed by atoms with Crippen LogP contribution in [0.4, 0.5) is 5.13 Å². The van der Waals surface area contributed by atoms with E-state index in [2.05, 4.69) is 9.71 Å². The third-order valence-corrected chi connectivity index (χ3v) is 6.57. The van der Waals surface area contributed by atoms with Crippen LogP contribution in [0.5, 0.6) is 5.75 Å². The monoisotopic (exact) mass is 368 g/mol. The van der Waals surface area contributed by atoms with Gasteiger partial charge in [0.05, 0.1) is 17.2 Å². The molecule has 0 radical (unpaired) electrons. The molecule has 2 heterocycles. The molecule has 8 heteroatoms. The number of aromatic nitrogens is 1. The molecular formula is C16H20N2O4S2. The van der Waals surface area contributed by atoms with E-state index in [4.69, 9.17) is 4.74 Å². The number of benzene rings is 1. The molecule has 24 heavy (non-hydrogen) atoms. The Hall–Kier alpha value is -1.64. The number of fused-ring (bicyclic) bond motifs is 1. The predicted molar refractivity (Wildman–Crippen MR) is 93.0 cm³/mol. The second-order valence-corrected chi connectivity index (χ2v) is 8.29. The number of sulfonamides is 1. The fraction of sp³-hybridized carbons (Fsp3) is 0.438. The van der Waals surface area contributed by atoms with Gasteiger partial charge in [0, 0.05) is 11.8 Å². The van der Waals surface area contributed by atoms with Gasteiger partial charge in [0.25, 0.3) is 10.0 Å². The molecule has 0 aliphatic carbocycles. The van der Waals surface area contributed by atoms with Gasteiger partial charge in [0.1, 0.15) is 11.4 Å². The van der Waals surface area contributed by atoms with Crippen LogP contribution in [-0.4, -0.2) is 25.1 Å². The van der Waals surface area contributed by atoms with Gasteiger partial charge < -0.3 is 9.84 Å². The first-order valence-corrected chi connectivity index (χ1v) is 10.2. The minimum Gasteiger partial charge on any atom is -0.493 e. The van der Waals surface area contributed by atoms with Crippen molar-refractivity contribution in [3.8, 4) is 5.75 Å². The highest BCUT2D eigenvalue weighted by Gasteiger charge is 2.28. The minimum absolute atomic E-state index is 0.185. The van der Waals surface area contributed by atoms with Gasteiger partial charge in [-0.2, -0.15) is 0 Å². The SMILES string of the molecule is CCC(O)(CC)c1csc(NS(=O)(=O)c2ccc3c(c2)CCO3)n1. The van der Waals surface area contributed by atoms with Crippen LogP contribution in [0.2, 0.25) is 0 Å². The molecule has 130 valence electrons. The first-order valence-electron chi connectivity index (χ1n) is 7.85. The average molecular weight is 368 g/mol. The molecule has 1 aliphatic rings. The standard InChI is InChI=1S/C16H20N2O4S2/c1-3-16(19,4-2)14-10-23-15(17-14)18-24(20,21)12-5-6-13-11(9-12)7-8-22-13/h5-6,9-10,19H,3-4,7-8H2,1-2H3,(H,17,18). The summed E-state index contributed by atoms with van der Waals surface area (Å²) >= 11 is 1.17. The Balaban J connectivity index is 1.84. The molecule has 0 amide bonds. The van der Waals surface area contributed by atoms with E-state index in [0.29, 0.717) is 31.6 Å². The molecule has 2 N–H and O–H groups in total. The highest BCUT2D eigenvalue weighted by Crippen LogP contribution is 2.32. The zero-order valence-electron chi connectivity index (χ0n) is 13.6. The zero-order valence-corrected chi connectivity index (χ0v) is 15.2. The Morgan fingerprint density at radius 2 is 2.12 bits per heavy atom. The topological polar surface area (TPSA) is 88.5 Å². The molecule has 0 spiro atoms. The van der Waals surface area contributed by atoms with Gasteiger partial charge in [-0.3, -0.25) is 4.72 Å². The molecule has 2 aromatic rings. The summed E-state index contributed by atoms with van der Waals surface area (Å²) in [5.74, 6) is 0.737. The number of rotatable bonds is 6. The molecule has 0 unspecified atom stereocenters. The van der Waals surface area contributed by atoms with Crippen molar-refractivity contribution in [1.82, 2.24) is 4.98 Å². The van der Waals surface area contributed by atoms with E-state index in [-0.39, 0.29) is 10.0 Å². The third-order valence-electron chi connectivity index (χ3n) is 4.34. The van der Waals surface area contributed by atoms with Crippen molar-refractivity contribution in [3.63, 3.8) is 0 Å². The van der Waals surface area contributed by atoms with Gasteiger partial charge in [-0.05, 0) is 36.6 Å². The highest BCUT2D eigenvalue weighted by molar-refractivity contribution is 7.93. The van der Waals surface area contributed by atoms with Gasteiger partial charge in [0.2, 0.25) is 0 Å². The molecular weight excluding hydrogens is 348 g/mol. The fourth-order valence-electron chi connectivity index (χ4n) is 2.65. The van der Waals surface area contributed by atoms with Crippen LogP contribution < -0.4 is 9.46 Å². The van der Waals surface area contributed by atoms with E-state index in [0.717, 1.165) is 11.3 Å². The number of hydrogen-bond acceptors (Lipinski definition) is 6. The Morgan fingerprint density at radius 3 is 2.83 bits per heavy atom. The molecule has 0 atom stereocenters. The van der Waals surface area contributed by atoms with Gasteiger partial charge in [0.15, 0.2) is 5.13 Å². The summed E-state index contributed by atoms with van der Waals surface area (Å²) in [5, 5.41) is 12.4. The fourth-order valence-corrected chi connectivity index (χ4v) is 4.76. The van der Waals surface area contributed by atoms with Crippen molar-refractivity contribution >= 4 is 26.5 Å². The lowest BCUT2D eigenvalue weighted by Gasteiger charge is -2.22. The summed E-state index contributed by atoms with van der Waals surface area (Å²) in [6, 6.07) is 4.83. The second-order valence-electron chi connectivity index (χ2n) is 5.75. The number of ether oxygens (including phenoxy) is 1. The summed E-state index contributed by atoms with van der Waals surface area (Å²) in [6.45, 7) is 4.33. The van der Waals surface area contributed by atoms with E-state index in [1.54, 1.807) is 17.5 Å². The number of anilines is 1. The van der Waals surface area contributed by atoms with E-state index in [1.165, 1.54) is 17.4 Å². The third kappa shape index (κ3) is 3.13. The summed E-state index contributed by atoms with van der Waals surface area (Å²) in [6.07, 6.45) is 1.74. The number of thiazole rings is 1. The van der Waals surface area contributed by atoms with Gasteiger partial charge in [-0.15, -0.1) is 11.3 Å². The van der Waals surface area contributed by atoms with Crippen molar-refractivity contribution in [1.29, 1.82) is 0 Å². The van der Waals surface area contributed by atoms with Crippen LogP contribution in [0.25, 0.3) is 0 Å². The molecule has 0 bridgehead atoms. The molecule has 1 aromatic heterocycles. The lowest BCUT2D eigenvalue weighted by Crippen LogP contribution is -2.24. The normalized spacial score (nSPS) is 14.3. The number of aliphatic hydroxyl groups is 1. The Labute approximate surface area is 145 Å². The van der Waals surface area contributed by atoms with E-state index in [9.17, 15) is 13.5 Å². The first kappa shape index (κ1) is 17.2. The van der Waals surface area contributed by atoms with E-state index >= 15 is 0 Å². The van der Waals surface area contributed by atoms with Crippen LogP contribution in [-0.2, 0) is 22.0 Å². The smallest absolute Gasteiger partial charge is 0.263 e. The van der Waals surface area contributed by atoms with Crippen molar-refractivity contribution in [2.75, 3.05) is 11.3 Å². The lowest BCUT2D eigenvalue weighted by atomic mass is 9.94. The Bertz CT molecular complexity index is 842. The number of hydrogen-bond donors (Lipinski definition) is 2. The second kappa shape index (κ2) is 6.34. The van der Waals surface area contributed by atoms with Gasteiger partial charge in [-0.1, -0.05) is 13.8 Å². The molecule has 1 aliphatic heterocycles. The van der Waals surface area contributed by atoms with Crippen molar-refractivity contribution in [3.05, 3.63) is 34.8 Å². The van der Waals surface area contributed by atoms with Crippen molar-refractivity contribution in [2.45, 2.75) is 43.6 Å². The largest absolute Gasteiger partial charge is 0.493 e. The van der Waals surface area contributed by atoms with Crippen LogP contribution in [0, 0.1) is 0 Å². The van der Waals surface area contributed by atoms with Crippen LogP contribution in [0.1, 0.15) is 37.9 Å². The Kier molecular flexibility index (Phi) is 4.54. The average Bonchev–Trinajstić information content (AvgIpc) is 3.22. The quantitative estimate of drug-likeness (QED) is 0.818. The Morgan fingerprint density at radius 1 is 1.38 bits per heavy atom. The molecule has 3 rings (SSSR count). The summed E-state index contributed by atoms with van der Waals surface area (Å²) < 4.78 is 33.0. The maximum atomic E-state index is 12.6. The summed E-state index contributed by atoms with van der Waals surface area (Å²) in [5.41, 5.74) is 0.368. The predicted octanol–water partition coefficient (Wildman–Crippen LogP) is 2.89. The molecule has 1 aromatic carbocycles. The van der Waals surface area contributed by atoms with Gasteiger partial charge >= 0.3 is 0 Å². The zero-order chi connectivity index (χ0) is 17.4. The van der Waals surface area contributed by atoms with Crippen molar-refractivity contribution < 1.29 is 18.3 Å². The van der Waals surface area contributed by atoms with E-state index < -0.39 is 15.6 Å². The molecule has 6 nitrogen and oxygen atoms in total. The van der Waals surface area contributed by atoms with Gasteiger partial charge in [-0.25, -0.2) is 13.4 Å². The van der Waals surface area contributed by atoms with Crippen LogP contribution >= 0.6 is 11.3 Å². The maximum absolute atomic E-state index is 12.6. The number of nitrogens with zero attached hydrogens (tertiary/aromatic N) is 1. The summed E-state index contributed by atoms with van der Waals surface area (Å²) in [4.78, 5) is 4.45. The van der Waals surface area contributed by atoms with Crippen molar-refractivity contribution in [2.24, 2.45) is 0 Å². The molecule has 0 saturated carbocycles. The van der Waals surface area contributed by atoms with Crippen LogP contribution in [0.3, 0.4) is 0 Å². The van der Waals surface area contributed by atoms with Crippen LogP contribution in [0.15, 0.2) is 28.5 Å². The number of nitrogens with one attached hydrogen (secondary N) is 1.